The number of aromatic nitrogens is 1. The number of halogens is 1. The molecule has 1 N–H and O–H groups in total. The second-order valence-corrected chi connectivity index (χ2v) is 5.92. The summed E-state index contributed by atoms with van der Waals surface area (Å²) in [5, 5.41) is 2.84. The Bertz CT molecular complexity index is 704. The number of ether oxygens (including phenoxy) is 2. The van der Waals surface area contributed by atoms with Crippen LogP contribution >= 0.6 is 15.9 Å². The molecule has 120 valence electrons. The van der Waals surface area contributed by atoms with Crippen LogP contribution in [0.3, 0.4) is 0 Å². The Morgan fingerprint density at radius 2 is 2.09 bits per heavy atom. The molecule has 2 aromatic rings. The summed E-state index contributed by atoms with van der Waals surface area (Å²) in [6.07, 6.45) is 1.62. The van der Waals surface area contributed by atoms with E-state index < -0.39 is 0 Å². The Morgan fingerprint density at radius 3 is 2.83 bits per heavy atom. The van der Waals surface area contributed by atoms with Gasteiger partial charge in [0.1, 0.15) is 11.9 Å². The van der Waals surface area contributed by atoms with E-state index in [1.54, 1.807) is 30.3 Å². The molecule has 1 aromatic heterocycles. The Hall–Kier alpha value is -2.28. The Balaban J connectivity index is 1.53. The minimum absolute atomic E-state index is 0.0513. The smallest absolute Gasteiger partial charge is 0.322 e. The van der Waals surface area contributed by atoms with Crippen LogP contribution in [-0.4, -0.2) is 42.2 Å². The van der Waals surface area contributed by atoms with Crippen LogP contribution in [0.4, 0.5) is 10.5 Å². The maximum absolute atomic E-state index is 12.2. The van der Waals surface area contributed by atoms with E-state index in [0.29, 0.717) is 30.4 Å². The zero-order chi connectivity index (χ0) is 16.2. The van der Waals surface area contributed by atoms with E-state index >= 15 is 0 Å². The third kappa shape index (κ3) is 3.56. The highest BCUT2D eigenvalue weighted by molar-refractivity contribution is 9.10. The van der Waals surface area contributed by atoms with Gasteiger partial charge >= 0.3 is 6.03 Å². The van der Waals surface area contributed by atoms with Crippen LogP contribution in [0.2, 0.25) is 0 Å². The lowest BCUT2D eigenvalue weighted by Gasteiger charge is -2.38. The first-order chi connectivity index (χ1) is 11.2. The molecule has 1 aliphatic heterocycles. The molecule has 3 rings (SSSR count). The molecule has 7 heteroatoms. The fourth-order valence-electron chi connectivity index (χ4n) is 2.24. The van der Waals surface area contributed by atoms with E-state index in [1.807, 2.05) is 24.3 Å². The number of nitrogens with one attached hydrogen (secondary N) is 1. The van der Waals surface area contributed by atoms with Crippen molar-refractivity contribution in [1.29, 1.82) is 0 Å². The van der Waals surface area contributed by atoms with Gasteiger partial charge in [-0.25, -0.2) is 9.78 Å². The summed E-state index contributed by atoms with van der Waals surface area (Å²) in [6, 6.07) is 10.8. The van der Waals surface area contributed by atoms with E-state index in [2.05, 4.69) is 26.2 Å². The van der Waals surface area contributed by atoms with Gasteiger partial charge in [-0.15, -0.1) is 0 Å². The van der Waals surface area contributed by atoms with Crippen LogP contribution in [0.5, 0.6) is 11.6 Å². The van der Waals surface area contributed by atoms with Crippen molar-refractivity contribution < 1.29 is 14.3 Å². The van der Waals surface area contributed by atoms with Gasteiger partial charge < -0.3 is 19.7 Å². The SMILES string of the molecule is COc1ccccc1NC(=O)N1CC(Oc2ncccc2Br)C1. The molecule has 2 amide bonds. The quantitative estimate of drug-likeness (QED) is 0.888. The van der Waals surface area contributed by atoms with E-state index in [9.17, 15) is 4.79 Å². The van der Waals surface area contributed by atoms with Gasteiger partial charge in [0.15, 0.2) is 0 Å². The van der Waals surface area contributed by atoms with Gasteiger partial charge in [0, 0.05) is 6.20 Å². The maximum Gasteiger partial charge on any atom is 0.322 e. The lowest BCUT2D eigenvalue weighted by atomic mass is 10.2. The average Bonchev–Trinajstić information content (AvgIpc) is 2.52. The van der Waals surface area contributed by atoms with Crippen molar-refractivity contribution in [3.63, 3.8) is 0 Å². The van der Waals surface area contributed by atoms with Gasteiger partial charge in [-0.1, -0.05) is 12.1 Å². The highest BCUT2D eigenvalue weighted by Crippen LogP contribution is 2.26. The summed E-state index contributed by atoms with van der Waals surface area (Å²) in [4.78, 5) is 18.0. The first kappa shape index (κ1) is 15.6. The summed E-state index contributed by atoms with van der Waals surface area (Å²) in [6.45, 7) is 1.04. The number of pyridine rings is 1. The molecule has 0 spiro atoms. The fraction of sp³-hybridized carbons (Fsp3) is 0.250. The molecular formula is C16H16BrN3O3. The number of hydrogen-bond acceptors (Lipinski definition) is 4. The maximum atomic E-state index is 12.2. The van der Waals surface area contributed by atoms with Gasteiger partial charge in [-0.2, -0.15) is 0 Å². The highest BCUT2D eigenvalue weighted by atomic mass is 79.9. The molecular weight excluding hydrogens is 362 g/mol. The molecule has 0 aliphatic carbocycles. The predicted octanol–water partition coefficient (Wildman–Crippen LogP) is 3.15. The van der Waals surface area contributed by atoms with Gasteiger partial charge in [0.25, 0.3) is 0 Å². The monoisotopic (exact) mass is 377 g/mol. The zero-order valence-corrected chi connectivity index (χ0v) is 14.1. The van der Waals surface area contributed by atoms with Crippen molar-refractivity contribution in [2.75, 3.05) is 25.5 Å². The molecule has 1 fully saturated rings. The molecule has 1 saturated heterocycles. The molecule has 1 aromatic carbocycles. The van der Waals surface area contributed by atoms with Gasteiger partial charge in [-0.05, 0) is 40.2 Å². The lowest BCUT2D eigenvalue weighted by molar-refractivity contribution is 0.0455. The highest BCUT2D eigenvalue weighted by Gasteiger charge is 2.33. The molecule has 6 nitrogen and oxygen atoms in total. The van der Waals surface area contributed by atoms with Crippen molar-refractivity contribution in [1.82, 2.24) is 9.88 Å². The largest absolute Gasteiger partial charge is 0.495 e. The van der Waals surface area contributed by atoms with E-state index in [0.717, 1.165) is 4.47 Å². The van der Waals surface area contributed by atoms with Crippen molar-refractivity contribution >= 4 is 27.6 Å². The first-order valence-electron chi connectivity index (χ1n) is 7.13. The third-order valence-corrected chi connectivity index (χ3v) is 4.09. The number of benzene rings is 1. The third-order valence-electron chi connectivity index (χ3n) is 3.49. The number of nitrogens with zero attached hydrogens (tertiary/aromatic N) is 2. The number of carbonyl (C=O) groups is 1. The molecule has 1 aliphatic rings. The molecule has 2 heterocycles. The standard InChI is InChI=1S/C16H16BrN3O3/c1-22-14-7-3-2-6-13(14)19-16(21)20-9-11(10-20)23-15-12(17)5-4-8-18-15/h2-8,11H,9-10H2,1H3,(H,19,21). The van der Waals surface area contributed by atoms with Crippen LogP contribution in [0.15, 0.2) is 47.1 Å². The number of hydrogen-bond donors (Lipinski definition) is 1. The minimum Gasteiger partial charge on any atom is -0.495 e. The van der Waals surface area contributed by atoms with Crippen LogP contribution < -0.4 is 14.8 Å². The summed E-state index contributed by atoms with van der Waals surface area (Å²) >= 11 is 3.39. The Morgan fingerprint density at radius 1 is 1.30 bits per heavy atom. The van der Waals surface area contributed by atoms with Crippen LogP contribution in [0.1, 0.15) is 0 Å². The van der Waals surface area contributed by atoms with E-state index in [1.165, 1.54) is 0 Å². The second-order valence-electron chi connectivity index (χ2n) is 5.07. The second kappa shape index (κ2) is 6.87. The van der Waals surface area contributed by atoms with E-state index in [4.69, 9.17) is 9.47 Å². The number of methoxy groups -OCH3 is 1. The average molecular weight is 378 g/mol. The van der Waals surface area contributed by atoms with Gasteiger partial charge in [-0.3, -0.25) is 0 Å². The van der Waals surface area contributed by atoms with Crippen molar-refractivity contribution in [2.45, 2.75) is 6.10 Å². The number of urea groups is 1. The first-order valence-corrected chi connectivity index (χ1v) is 7.93. The van der Waals surface area contributed by atoms with Crippen LogP contribution in [0, 0.1) is 0 Å². The molecule has 0 radical (unpaired) electrons. The van der Waals surface area contributed by atoms with Crippen molar-refractivity contribution in [2.24, 2.45) is 0 Å². The lowest BCUT2D eigenvalue weighted by Crippen LogP contribution is -2.57. The topological polar surface area (TPSA) is 63.7 Å². The summed E-state index contributed by atoms with van der Waals surface area (Å²) in [5.74, 6) is 1.17. The van der Waals surface area contributed by atoms with Crippen molar-refractivity contribution in [3.8, 4) is 11.6 Å². The minimum atomic E-state index is -0.172. The molecule has 0 bridgehead atoms. The van der Waals surface area contributed by atoms with E-state index in [-0.39, 0.29) is 12.1 Å². The number of para-hydroxylation sites is 2. The summed E-state index contributed by atoms with van der Waals surface area (Å²) < 4.78 is 11.8. The normalized spacial score (nSPS) is 14.1. The number of anilines is 1. The van der Waals surface area contributed by atoms with Gasteiger partial charge in [0.05, 0.1) is 30.4 Å². The number of amides is 2. The molecule has 0 unspecified atom stereocenters. The Kier molecular flexibility index (Phi) is 4.66. The fourth-order valence-corrected chi connectivity index (χ4v) is 2.58. The summed E-state index contributed by atoms with van der Waals surface area (Å²) in [5.41, 5.74) is 0.650. The zero-order valence-electron chi connectivity index (χ0n) is 12.5. The van der Waals surface area contributed by atoms with Gasteiger partial charge in [0.2, 0.25) is 5.88 Å². The number of likely N-dealkylation sites (tertiary alicyclic amines) is 1. The van der Waals surface area contributed by atoms with Crippen LogP contribution in [-0.2, 0) is 0 Å². The molecule has 0 atom stereocenters. The Labute approximate surface area is 142 Å². The number of carbonyl (C=O) groups excluding carboxylic acids is 1. The summed E-state index contributed by atoms with van der Waals surface area (Å²) in [7, 11) is 1.57. The van der Waals surface area contributed by atoms with Crippen LogP contribution in [0.25, 0.3) is 0 Å². The molecule has 23 heavy (non-hydrogen) atoms. The molecule has 0 saturated carbocycles. The predicted molar refractivity (Wildman–Crippen MR) is 89.9 cm³/mol. The number of rotatable bonds is 4. The van der Waals surface area contributed by atoms with Crippen molar-refractivity contribution in [3.05, 3.63) is 47.1 Å².